The summed E-state index contributed by atoms with van der Waals surface area (Å²) in [5.74, 6) is -1.36. The van der Waals surface area contributed by atoms with Crippen LogP contribution in [-0.2, 0) is 0 Å². The first-order valence-electron chi connectivity index (χ1n) is 4.57. The van der Waals surface area contributed by atoms with E-state index < -0.39 is 29.4 Å². The third-order valence-electron chi connectivity index (χ3n) is 2.25. The van der Waals surface area contributed by atoms with E-state index >= 15 is 0 Å². The Bertz CT molecular complexity index is 527. The van der Waals surface area contributed by atoms with Crippen LogP contribution >= 0.6 is 0 Å². The number of rotatable bonds is 0. The first-order chi connectivity index (χ1) is 7.93. The van der Waals surface area contributed by atoms with Crippen molar-refractivity contribution in [2.45, 2.75) is 12.3 Å². The van der Waals surface area contributed by atoms with Crippen LogP contribution in [-0.4, -0.2) is 12.3 Å². The summed E-state index contributed by atoms with van der Waals surface area (Å²) < 4.78 is 55.5. The Hall–Kier alpha value is -2.03. The van der Waals surface area contributed by atoms with Gasteiger partial charge in [-0.2, -0.15) is 18.4 Å². The van der Waals surface area contributed by atoms with Gasteiger partial charge in [-0.3, -0.25) is 0 Å². The summed E-state index contributed by atoms with van der Waals surface area (Å²) in [5, 5.41) is 8.63. The summed E-state index contributed by atoms with van der Waals surface area (Å²) in [4.78, 5) is 0. The van der Waals surface area contributed by atoms with Gasteiger partial charge in [0, 0.05) is 5.56 Å². The number of hydrogen-bond donors (Lipinski definition) is 0. The summed E-state index contributed by atoms with van der Waals surface area (Å²) in [6.07, 6.45) is -6.17. The molecule has 0 bridgehead atoms. The molecule has 0 aromatic heterocycles. The lowest BCUT2D eigenvalue weighted by Gasteiger charge is -2.25. The van der Waals surface area contributed by atoms with Gasteiger partial charge in [-0.15, -0.1) is 0 Å². The van der Waals surface area contributed by atoms with E-state index in [1.165, 1.54) is 18.2 Å². The minimum Gasteiger partial charge on any atom is -0.472 e. The van der Waals surface area contributed by atoms with Crippen LogP contribution < -0.4 is 4.74 Å². The molecule has 0 radical (unpaired) electrons. The Balaban J connectivity index is 2.54. The molecule has 88 valence electrons. The highest BCUT2D eigenvalue weighted by Crippen LogP contribution is 2.37. The van der Waals surface area contributed by atoms with Gasteiger partial charge in [0.15, 0.2) is 11.6 Å². The van der Waals surface area contributed by atoms with Gasteiger partial charge in [-0.05, 0) is 12.1 Å². The number of para-hydroxylation sites is 1. The Morgan fingerprint density at radius 2 is 2.00 bits per heavy atom. The lowest BCUT2D eigenvalue weighted by atomic mass is 10.0. The Morgan fingerprint density at radius 3 is 2.59 bits per heavy atom. The number of nitriles is 1. The minimum absolute atomic E-state index is 0.127. The summed E-state index contributed by atoms with van der Waals surface area (Å²) >= 11 is 0. The van der Waals surface area contributed by atoms with Gasteiger partial charge in [0.25, 0.3) is 0 Å². The minimum atomic E-state index is -4.75. The van der Waals surface area contributed by atoms with Crippen molar-refractivity contribution in [3.05, 3.63) is 35.2 Å². The maximum Gasteiger partial charge on any atom is 0.430 e. The maximum absolute atomic E-state index is 13.3. The third-order valence-corrected chi connectivity index (χ3v) is 2.25. The van der Waals surface area contributed by atoms with E-state index in [4.69, 9.17) is 5.26 Å². The lowest BCUT2D eigenvalue weighted by Crippen LogP contribution is -2.37. The quantitative estimate of drug-likeness (QED) is 0.656. The predicted octanol–water partition coefficient (Wildman–Crippen LogP) is 3.06. The van der Waals surface area contributed by atoms with Gasteiger partial charge in [0.1, 0.15) is 0 Å². The van der Waals surface area contributed by atoms with Crippen molar-refractivity contribution in [1.29, 1.82) is 5.26 Å². The zero-order valence-corrected chi connectivity index (χ0v) is 8.25. The van der Waals surface area contributed by atoms with Crippen molar-refractivity contribution in [3.8, 4) is 11.8 Å². The van der Waals surface area contributed by atoms with E-state index in [2.05, 4.69) is 4.74 Å². The molecule has 17 heavy (non-hydrogen) atoms. The smallest absolute Gasteiger partial charge is 0.430 e. The first-order valence-corrected chi connectivity index (χ1v) is 4.57. The second-order valence-electron chi connectivity index (χ2n) is 3.41. The largest absolute Gasteiger partial charge is 0.472 e. The average molecular weight is 243 g/mol. The van der Waals surface area contributed by atoms with Crippen molar-refractivity contribution < 1.29 is 22.3 Å². The Labute approximate surface area is 93.7 Å². The fourth-order valence-electron chi connectivity index (χ4n) is 1.52. The van der Waals surface area contributed by atoms with E-state index in [9.17, 15) is 17.6 Å². The van der Waals surface area contributed by atoms with Crippen LogP contribution in [0.5, 0.6) is 5.75 Å². The molecule has 0 unspecified atom stereocenters. The molecule has 0 saturated heterocycles. The number of benzene rings is 1. The standard InChI is InChI=1S/C11H5F4NO/c12-8-3-1-2-6-4-7(5-16)10(11(13,14)15)17-9(6)8/h1-4,10H/t10-/m1/s1. The predicted molar refractivity (Wildman–Crippen MR) is 50.5 cm³/mol. The van der Waals surface area contributed by atoms with Crippen LogP contribution in [0.15, 0.2) is 23.8 Å². The van der Waals surface area contributed by atoms with Gasteiger partial charge in [0.2, 0.25) is 6.10 Å². The van der Waals surface area contributed by atoms with Crippen molar-refractivity contribution in [2.75, 3.05) is 0 Å². The van der Waals surface area contributed by atoms with Crippen LogP contribution in [0, 0.1) is 17.1 Å². The fraction of sp³-hybridized carbons (Fsp3) is 0.182. The number of alkyl halides is 3. The second kappa shape index (κ2) is 3.77. The molecule has 0 spiro atoms. The molecule has 1 aromatic rings. The second-order valence-corrected chi connectivity index (χ2v) is 3.41. The molecule has 1 aliphatic heterocycles. The molecule has 6 heteroatoms. The van der Waals surface area contributed by atoms with Crippen molar-refractivity contribution in [1.82, 2.24) is 0 Å². The van der Waals surface area contributed by atoms with Gasteiger partial charge < -0.3 is 4.74 Å². The third kappa shape index (κ3) is 1.96. The van der Waals surface area contributed by atoms with E-state index in [1.54, 1.807) is 0 Å². The summed E-state index contributed by atoms with van der Waals surface area (Å²) in [7, 11) is 0. The molecule has 0 aliphatic carbocycles. The summed E-state index contributed by atoms with van der Waals surface area (Å²) in [6, 6.07) is 5.12. The van der Waals surface area contributed by atoms with Gasteiger partial charge in [-0.25, -0.2) is 4.39 Å². The molecule has 0 fully saturated rings. The number of hydrogen-bond acceptors (Lipinski definition) is 2. The number of halogens is 4. The highest BCUT2D eigenvalue weighted by atomic mass is 19.4. The molecule has 1 aromatic carbocycles. The zero-order valence-electron chi connectivity index (χ0n) is 8.25. The van der Waals surface area contributed by atoms with Gasteiger partial charge in [0.05, 0.1) is 11.6 Å². The van der Waals surface area contributed by atoms with Gasteiger partial charge >= 0.3 is 6.18 Å². The zero-order chi connectivity index (χ0) is 12.6. The number of ether oxygens (including phenoxy) is 1. The average Bonchev–Trinajstić information content (AvgIpc) is 2.26. The highest BCUT2D eigenvalue weighted by Gasteiger charge is 2.46. The summed E-state index contributed by atoms with van der Waals surface area (Å²) in [5.41, 5.74) is -0.461. The normalized spacial score (nSPS) is 18.8. The molecule has 0 saturated carbocycles. The highest BCUT2D eigenvalue weighted by molar-refractivity contribution is 5.66. The van der Waals surface area contributed by atoms with Gasteiger partial charge in [-0.1, -0.05) is 12.1 Å². The molecular weight excluding hydrogens is 238 g/mol. The topological polar surface area (TPSA) is 33.0 Å². The monoisotopic (exact) mass is 243 g/mol. The fourth-order valence-corrected chi connectivity index (χ4v) is 1.52. The van der Waals surface area contributed by atoms with Crippen molar-refractivity contribution in [3.63, 3.8) is 0 Å². The molecule has 1 atom stereocenters. The van der Waals surface area contributed by atoms with Crippen LogP contribution in [0.4, 0.5) is 17.6 Å². The van der Waals surface area contributed by atoms with Crippen LogP contribution in [0.1, 0.15) is 5.56 Å². The SMILES string of the molecule is N#CC1=Cc2cccc(F)c2O[C@H]1C(F)(F)F. The Morgan fingerprint density at radius 1 is 1.29 bits per heavy atom. The van der Waals surface area contributed by atoms with E-state index in [-0.39, 0.29) is 5.56 Å². The van der Waals surface area contributed by atoms with E-state index in [0.717, 1.165) is 12.1 Å². The van der Waals surface area contributed by atoms with Crippen molar-refractivity contribution >= 4 is 6.08 Å². The molecule has 2 rings (SSSR count). The molecule has 1 heterocycles. The molecular formula is C11H5F4NO. The first kappa shape index (κ1) is 11.5. The lowest BCUT2D eigenvalue weighted by molar-refractivity contribution is -0.183. The number of nitrogens with zero attached hydrogens (tertiary/aromatic N) is 1. The van der Waals surface area contributed by atoms with Crippen LogP contribution in [0.25, 0.3) is 6.08 Å². The van der Waals surface area contributed by atoms with E-state index in [1.807, 2.05) is 0 Å². The molecule has 1 aliphatic rings. The molecule has 2 nitrogen and oxygen atoms in total. The Kier molecular flexibility index (Phi) is 2.54. The number of fused-ring (bicyclic) bond motifs is 1. The van der Waals surface area contributed by atoms with Crippen LogP contribution in [0.3, 0.4) is 0 Å². The van der Waals surface area contributed by atoms with E-state index in [0.29, 0.717) is 0 Å². The van der Waals surface area contributed by atoms with Crippen molar-refractivity contribution in [2.24, 2.45) is 0 Å². The summed E-state index contributed by atoms with van der Waals surface area (Å²) in [6.45, 7) is 0. The molecule has 0 amide bonds. The van der Waals surface area contributed by atoms with Crippen LogP contribution in [0.2, 0.25) is 0 Å². The molecule has 0 N–H and O–H groups in total. The maximum atomic E-state index is 13.3.